The molecule has 0 aromatic carbocycles. The second-order valence-corrected chi connectivity index (χ2v) is 7.87. The van der Waals surface area contributed by atoms with E-state index in [-0.39, 0.29) is 19.4 Å². The van der Waals surface area contributed by atoms with Gasteiger partial charge in [0.15, 0.2) is 6.29 Å². The predicted molar refractivity (Wildman–Crippen MR) is 112 cm³/mol. The van der Waals surface area contributed by atoms with Gasteiger partial charge < -0.3 is 45.4 Å². The van der Waals surface area contributed by atoms with Crippen LogP contribution < -0.4 is 5.32 Å². The standard InChI is InChI=1S/C16H26N10O9/c17-24-20-2-1-7(28)15(33)21-5-3-6(22-25-18)14(13(32)10(5)29)35-16-9(23-26-19)12(31)11(30)8(4-27)34-16/h5-14,16,27-32H,1-4H2,(H,21,33)/t5-,6?,7+,8?,9?,10-,11-,12?,13?,14-,16-/m1/s1. The highest BCUT2D eigenvalue weighted by molar-refractivity contribution is 5.80. The van der Waals surface area contributed by atoms with E-state index in [1.54, 1.807) is 0 Å². The predicted octanol–water partition coefficient (Wildman–Crippen LogP) is -2.16. The fourth-order valence-electron chi connectivity index (χ4n) is 3.84. The highest BCUT2D eigenvalue weighted by Gasteiger charge is 2.50. The first kappa shape index (κ1) is 28.3. The van der Waals surface area contributed by atoms with E-state index >= 15 is 0 Å². The largest absolute Gasteiger partial charge is 0.394 e. The Balaban J connectivity index is 2.20. The number of hydrogen-bond donors (Lipinski definition) is 7. The molecule has 194 valence electrons. The molecule has 1 saturated heterocycles. The summed E-state index contributed by atoms with van der Waals surface area (Å²) in [5, 5.41) is 73.1. The molecule has 1 saturated carbocycles. The fraction of sp³-hybridized carbons (Fsp3) is 0.938. The first-order valence-electron chi connectivity index (χ1n) is 10.4. The number of rotatable bonds is 10. The van der Waals surface area contributed by atoms with Crippen LogP contribution in [0.3, 0.4) is 0 Å². The van der Waals surface area contributed by atoms with Crippen LogP contribution in [0.4, 0.5) is 0 Å². The molecule has 2 rings (SSSR count). The number of nitrogens with one attached hydrogen (secondary N) is 1. The average molecular weight is 502 g/mol. The monoisotopic (exact) mass is 502 g/mol. The van der Waals surface area contributed by atoms with Crippen LogP contribution in [-0.2, 0) is 14.3 Å². The molecule has 1 heterocycles. The molecule has 0 aromatic heterocycles. The minimum Gasteiger partial charge on any atom is -0.394 e. The Bertz CT molecular complexity index is 878. The molecule has 1 aliphatic heterocycles. The van der Waals surface area contributed by atoms with Crippen LogP contribution in [0.15, 0.2) is 15.3 Å². The number of ether oxygens (including phenoxy) is 2. The van der Waals surface area contributed by atoms with Crippen LogP contribution in [0.25, 0.3) is 31.3 Å². The van der Waals surface area contributed by atoms with Crippen molar-refractivity contribution in [3.05, 3.63) is 31.3 Å². The molecule has 19 nitrogen and oxygen atoms in total. The third kappa shape index (κ3) is 6.82. The molecule has 11 atom stereocenters. The first-order valence-corrected chi connectivity index (χ1v) is 10.4. The zero-order valence-electron chi connectivity index (χ0n) is 18.1. The number of aliphatic hydroxyl groups excluding tert-OH is 6. The lowest BCUT2D eigenvalue weighted by atomic mass is 9.83. The van der Waals surface area contributed by atoms with Gasteiger partial charge in [0, 0.05) is 21.3 Å². The number of amides is 1. The van der Waals surface area contributed by atoms with Crippen LogP contribution in [0.1, 0.15) is 12.8 Å². The second-order valence-electron chi connectivity index (χ2n) is 7.87. The van der Waals surface area contributed by atoms with E-state index in [2.05, 4.69) is 35.4 Å². The van der Waals surface area contributed by atoms with Gasteiger partial charge in [-0.3, -0.25) is 4.79 Å². The van der Waals surface area contributed by atoms with E-state index in [0.717, 1.165) is 0 Å². The smallest absolute Gasteiger partial charge is 0.249 e. The molecular formula is C16H26N10O9. The summed E-state index contributed by atoms with van der Waals surface area (Å²) < 4.78 is 11.0. The second kappa shape index (κ2) is 13.2. The van der Waals surface area contributed by atoms with Gasteiger partial charge in [0.25, 0.3) is 0 Å². The maximum atomic E-state index is 12.2. The summed E-state index contributed by atoms with van der Waals surface area (Å²) in [6, 6.07) is -3.95. The molecule has 19 heteroatoms. The lowest BCUT2D eigenvalue weighted by Gasteiger charge is -2.46. The number of hydrogen-bond acceptors (Lipinski definition) is 12. The fourth-order valence-corrected chi connectivity index (χ4v) is 3.84. The maximum Gasteiger partial charge on any atom is 0.249 e. The van der Waals surface area contributed by atoms with Crippen LogP contribution in [0.5, 0.6) is 0 Å². The van der Waals surface area contributed by atoms with Gasteiger partial charge in [0.1, 0.15) is 36.6 Å². The lowest BCUT2D eigenvalue weighted by molar-refractivity contribution is -0.294. The highest BCUT2D eigenvalue weighted by Crippen LogP contribution is 2.31. The van der Waals surface area contributed by atoms with Gasteiger partial charge in [-0.05, 0) is 29.4 Å². The van der Waals surface area contributed by atoms with E-state index in [4.69, 9.17) is 26.1 Å². The van der Waals surface area contributed by atoms with Gasteiger partial charge in [-0.1, -0.05) is 15.3 Å². The molecule has 7 N–H and O–H groups in total. The van der Waals surface area contributed by atoms with E-state index in [1.807, 2.05) is 0 Å². The topological polar surface area (TPSA) is 315 Å². The van der Waals surface area contributed by atoms with Crippen molar-refractivity contribution >= 4 is 5.91 Å². The Labute approximate surface area is 196 Å². The average Bonchev–Trinajstić information content (AvgIpc) is 2.84. The van der Waals surface area contributed by atoms with Crippen LogP contribution in [0, 0.1) is 0 Å². The van der Waals surface area contributed by atoms with E-state index in [9.17, 15) is 35.4 Å². The van der Waals surface area contributed by atoms with Gasteiger partial charge in [0.2, 0.25) is 5.91 Å². The molecule has 1 aliphatic carbocycles. The molecule has 2 aliphatic rings. The van der Waals surface area contributed by atoms with Crippen molar-refractivity contribution < 1.29 is 44.9 Å². The van der Waals surface area contributed by atoms with Gasteiger partial charge in [0.05, 0.1) is 30.9 Å². The number of azide groups is 3. The molecule has 0 radical (unpaired) electrons. The summed E-state index contributed by atoms with van der Waals surface area (Å²) in [6.45, 7) is -0.909. The number of aliphatic hydroxyl groups is 6. The zero-order chi connectivity index (χ0) is 26.1. The van der Waals surface area contributed by atoms with E-state index in [0.29, 0.717) is 0 Å². The van der Waals surface area contributed by atoms with Crippen molar-refractivity contribution in [3.63, 3.8) is 0 Å². The number of carbonyl (C=O) groups is 1. The third-order valence-electron chi connectivity index (χ3n) is 5.69. The molecule has 0 aromatic rings. The van der Waals surface area contributed by atoms with Crippen molar-refractivity contribution in [2.24, 2.45) is 15.3 Å². The van der Waals surface area contributed by atoms with Gasteiger partial charge in [-0.2, -0.15) is 0 Å². The van der Waals surface area contributed by atoms with Gasteiger partial charge in [-0.15, -0.1) is 0 Å². The minimum absolute atomic E-state index is 0.165. The van der Waals surface area contributed by atoms with Crippen molar-refractivity contribution in [2.75, 3.05) is 13.2 Å². The van der Waals surface area contributed by atoms with Crippen molar-refractivity contribution in [1.29, 1.82) is 0 Å². The molecule has 0 bridgehead atoms. The summed E-state index contributed by atoms with van der Waals surface area (Å²) >= 11 is 0. The van der Waals surface area contributed by atoms with Crippen LogP contribution in [-0.4, -0.2) is 117 Å². The van der Waals surface area contributed by atoms with Crippen LogP contribution in [0.2, 0.25) is 0 Å². The Morgan fingerprint density at radius 2 is 1.74 bits per heavy atom. The summed E-state index contributed by atoms with van der Waals surface area (Å²) in [5.74, 6) is -0.935. The van der Waals surface area contributed by atoms with Crippen molar-refractivity contribution in [2.45, 2.75) is 80.0 Å². The third-order valence-corrected chi connectivity index (χ3v) is 5.69. The van der Waals surface area contributed by atoms with Crippen molar-refractivity contribution in [3.8, 4) is 0 Å². The van der Waals surface area contributed by atoms with E-state index in [1.165, 1.54) is 0 Å². The molecule has 0 spiro atoms. The summed E-state index contributed by atoms with van der Waals surface area (Å²) in [6.07, 6.45) is -13.4. The minimum atomic E-state index is -1.81. The Hall–Kier alpha value is -2.92. The number of nitrogens with zero attached hydrogens (tertiary/aromatic N) is 9. The Morgan fingerprint density at radius 1 is 1.06 bits per heavy atom. The maximum absolute atomic E-state index is 12.2. The molecule has 5 unspecified atom stereocenters. The number of carbonyl (C=O) groups excluding carboxylic acids is 1. The lowest BCUT2D eigenvalue weighted by Crippen LogP contribution is -2.64. The molecule has 2 fully saturated rings. The Kier molecular flexibility index (Phi) is 10.7. The summed E-state index contributed by atoms with van der Waals surface area (Å²) in [5.41, 5.74) is 26.0. The quantitative estimate of drug-likeness (QED) is 0.0969. The molecular weight excluding hydrogens is 476 g/mol. The summed E-state index contributed by atoms with van der Waals surface area (Å²) in [4.78, 5) is 19.9. The normalized spacial score (nSPS) is 37.7. The van der Waals surface area contributed by atoms with Crippen molar-refractivity contribution in [1.82, 2.24) is 5.32 Å². The van der Waals surface area contributed by atoms with Gasteiger partial charge >= 0.3 is 0 Å². The zero-order valence-corrected chi connectivity index (χ0v) is 18.1. The Morgan fingerprint density at radius 3 is 2.34 bits per heavy atom. The first-order chi connectivity index (χ1) is 16.7. The summed E-state index contributed by atoms with van der Waals surface area (Å²) in [7, 11) is 0. The molecule has 1 amide bonds. The molecule has 35 heavy (non-hydrogen) atoms. The van der Waals surface area contributed by atoms with E-state index < -0.39 is 79.7 Å². The van der Waals surface area contributed by atoms with Crippen LogP contribution >= 0.6 is 0 Å². The van der Waals surface area contributed by atoms with Gasteiger partial charge in [-0.25, -0.2) is 0 Å². The highest BCUT2D eigenvalue weighted by atomic mass is 16.7. The SMILES string of the molecule is [N-]=[N+]=NCC[C@H](O)C(=O)N[C@@H]1CC(N=[N+]=[N-])[C@@H](O[C@H]2OC(CO)[C@@H](O)C(O)C2N=[N+]=[N-])C(O)[C@@H]1O.